The molecule has 0 aliphatic heterocycles. The highest BCUT2D eigenvalue weighted by Gasteiger charge is 1.76. The van der Waals surface area contributed by atoms with Crippen molar-refractivity contribution in [2.24, 2.45) is 5.73 Å². The second-order valence-corrected chi connectivity index (χ2v) is 1.68. The predicted octanol–water partition coefficient (Wildman–Crippen LogP) is 0.348. The first-order chi connectivity index (χ1) is 3.27. The molecule has 0 aromatic rings. The van der Waals surface area contributed by atoms with Crippen molar-refractivity contribution < 1.29 is 4.79 Å². The van der Waals surface area contributed by atoms with Crippen LogP contribution < -0.4 is 5.73 Å². The van der Waals surface area contributed by atoms with Crippen LogP contribution in [0.3, 0.4) is 0 Å². The molecule has 40 valence electrons. The van der Waals surface area contributed by atoms with Gasteiger partial charge in [-0.1, -0.05) is 0 Å². The number of carbonyl (C=O) groups is 1. The van der Waals surface area contributed by atoms with Crippen LogP contribution in [0.5, 0.6) is 0 Å². The smallest absolute Gasteiger partial charge is 0.241 e. The summed E-state index contributed by atoms with van der Waals surface area (Å²) in [6, 6.07) is 0. The first-order valence-corrected chi connectivity index (χ1v) is 3.05. The van der Waals surface area contributed by atoms with Gasteiger partial charge >= 0.3 is 0 Å². The van der Waals surface area contributed by atoms with Crippen LogP contribution in [-0.2, 0) is 4.79 Å². The number of hydrogen-bond acceptors (Lipinski definition) is 2. The summed E-state index contributed by atoms with van der Waals surface area (Å²) in [5.74, 6) is -0.394. The van der Waals surface area contributed by atoms with E-state index in [0.717, 1.165) is 0 Å². The van der Waals surface area contributed by atoms with Crippen LogP contribution >= 0.6 is 11.8 Å². The average Bonchev–Trinajstić information content (AvgIpc) is 1.61. The van der Waals surface area contributed by atoms with Crippen molar-refractivity contribution in [2.45, 2.75) is 0 Å². The number of hydrogen-bond donors (Lipinski definition) is 1. The SMILES string of the molecule is CSC=CC(N)=O. The Labute approximate surface area is 46.8 Å². The minimum atomic E-state index is -0.394. The summed E-state index contributed by atoms with van der Waals surface area (Å²) in [4.78, 5) is 9.88. The van der Waals surface area contributed by atoms with Gasteiger partial charge in [0.2, 0.25) is 5.91 Å². The fraction of sp³-hybridized carbons (Fsp3) is 0.250. The summed E-state index contributed by atoms with van der Waals surface area (Å²) in [5, 5.41) is 1.64. The van der Waals surface area contributed by atoms with Gasteiger partial charge in [-0.15, -0.1) is 11.8 Å². The third kappa shape index (κ3) is 5.56. The Balaban J connectivity index is 3.26. The largest absolute Gasteiger partial charge is 0.366 e. The highest BCUT2D eigenvalue weighted by molar-refractivity contribution is 8.01. The summed E-state index contributed by atoms with van der Waals surface area (Å²) in [6.07, 6.45) is 3.18. The lowest BCUT2D eigenvalue weighted by atomic mass is 10.6. The minimum Gasteiger partial charge on any atom is -0.366 e. The molecule has 3 heteroatoms. The number of amides is 1. The molecule has 2 nitrogen and oxygen atoms in total. The van der Waals surface area contributed by atoms with E-state index in [1.54, 1.807) is 5.41 Å². The van der Waals surface area contributed by atoms with Crippen molar-refractivity contribution in [1.29, 1.82) is 0 Å². The summed E-state index contributed by atoms with van der Waals surface area (Å²) in [5.41, 5.74) is 4.74. The first-order valence-electron chi connectivity index (χ1n) is 1.76. The van der Waals surface area contributed by atoms with E-state index in [-0.39, 0.29) is 0 Å². The molecule has 0 aromatic carbocycles. The van der Waals surface area contributed by atoms with Crippen LogP contribution in [0.15, 0.2) is 11.5 Å². The van der Waals surface area contributed by atoms with E-state index < -0.39 is 5.91 Å². The van der Waals surface area contributed by atoms with Gasteiger partial charge in [0.05, 0.1) is 0 Å². The number of nitrogens with two attached hydrogens (primary N) is 1. The van der Waals surface area contributed by atoms with E-state index in [0.29, 0.717) is 0 Å². The number of primary amides is 1. The summed E-state index contributed by atoms with van der Waals surface area (Å²) < 4.78 is 0. The Morgan fingerprint density at radius 1 is 1.86 bits per heavy atom. The predicted molar refractivity (Wildman–Crippen MR) is 31.8 cm³/mol. The molecule has 0 fully saturated rings. The second kappa shape index (κ2) is 3.74. The van der Waals surface area contributed by atoms with Crippen LogP contribution in [0.2, 0.25) is 0 Å². The van der Waals surface area contributed by atoms with Crippen LogP contribution in [-0.4, -0.2) is 12.2 Å². The van der Waals surface area contributed by atoms with E-state index >= 15 is 0 Å². The topological polar surface area (TPSA) is 43.1 Å². The molecule has 0 spiro atoms. The van der Waals surface area contributed by atoms with Crippen molar-refractivity contribution >= 4 is 17.7 Å². The van der Waals surface area contributed by atoms with Gasteiger partial charge in [-0.2, -0.15) is 0 Å². The van der Waals surface area contributed by atoms with Crippen molar-refractivity contribution in [3.63, 3.8) is 0 Å². The molecule has 0 atom stereocenters. The van der Waals surface area contributed by atoms with E-state index in [4.69, 9.17) is 5.73 Å². The second-order valence-electron chi connectivity index (χ2n) is 0.941. The molecule has 0 heterocycles. The standard InChI is InChI=1S/C4H7NOS/c1-7-3-2-4(5)6/h2-3H,1H3,(H2,5,6). The Morgan fingerprint density at radius 3 is 2.57 bits per heavy atom. The molecule has 0 rings (SSSR count). The van der Waals surface area contributed by atoms with Crippen LogP contribution in [0.1, 0.15) is 0 Å². The fourth-order valence-corrected chi connectivity index (χ4v) is 0.405. The van der Waals surface area contributed by atoms with E-state index in [2.05, 4.69) is 0 Å². The minimum absolute atomic E-state index is 0.394. The van der Waals surface area contributed by atoms with Gasteiger partial charge in [-0.3, -0.25) is 4.79 Å². The average molecular weight is 117 g/mol. The zero-order chi connectivity index (χ0) is 5.70. The molecule has 0 aliphatic rings. The summed E-state index contributed by atoms with van der Waals surface area (Å²) in [6.45, 7) is 0. The number of rotatable bonds is 2. The Hall–Kier alpha value is -0.440. The highest BCUT2D eigenvalue weighted by Crippen LogP contribution is 1.90. The van der Waals surface area contributed by atoms with Gasteiger partial charge in [0.25, 0.3) is 0 Å². The summed E-state index contributed by atoms with van der Waals surface area (Å²) >= 11 is 1.45. The fourth-order valence-electron chi connectivity index (χ4n) is 0.135. The van der Waals surface area contributed by atoms with Gasteiger partial charge in [-0.25, -0.2) is 0 Å². The summed E-state index contributed by atoms with van der Waals surface area (Å²) in [7, 11) is 0. The van der Waals surface area contributed by atoms with Gasteiger partial charge in [-0.05, 0) is 11.7 Å². The zero-order valence-electron chi connectivity index (χ0n) is 4.05. The van der Waals surface area contributed by atoms with Gasteiger partial charge in [0.15, 0.2) is 0 Å². The van der Waals surface area contributed by atoms with Crippen molar-refractivity contribution in [2.75, 3.05) is 6.26 Å². The molecule has 7 heavy (non-hydrogen) atoms. The molecular formula is C4H7NOS. The van der Waals surface area contributed by atoms with E-state index in [1.807, 2.05) is 6.26 Å². The van der Waals surface area contributed by atoms with Crippen LogP contribution in [0, 0.1) is 0 Å². The van der Waals surface area contributed by atoms with Gasteiger partial charge in [0, 0.05) is 6.08 Å². The lowest BCUT2D eigenvalue weighted by Gasteiger charge is -1.74. The number of carbonyl (C=O) groups excluding carboxylic acids is 1. The monoisotopic (exact) mass is 117 g/mol. The molecule has 0 radical (unpaired) electrons. The van der Waals surface area contributed by atoms with Crippen molar-refractivity contribution in [1.82, 2.24) is 0 Å². The molecule has 1 amide bonds. The van der Waals surface area contributed by atoms with Crippen LogP contribution in [0.25, 0.3) is 0 Å². The van der Waals surface area contributed by atoms with Crippen molar-refractivity contribution in [3.8, 4) is 0 Å². The number of thioether (sulfide) groups is 1. The van der Waals surface area contributed by atoms with E-state index in [9.17, 15) is 4.79 Å². The quantitative estimate of drug-likeness (QED) is 0.530. The lowest BCUT2D eigenvalue weighted by molar-refractivity contribution is -0.113. The highest BCUT2D eigenvalue weighted by atomic mass is 32.2. The third-order valence-corrected chi connectivity index (χ3v) is 0.777. The molecule has 0 saturated heterocycles. The van der Waals surface area contributed by atoms with E-state index in [1.165, 1.54) is 17.8 Å². The van der Waals surface area contributed by atoms with Gasteiger partial charge < -0.3 is 5.73 Å². The Morgan fingerprint density at radius 2 is 2.43 bits per heavy atom. The molecule has 2 N–H and O–H groups in total. The molecular weight excluding hydrogens is 110 g/mol. The lowest BCUT2D eigenvalue weighted by Crippen LogP contribution is -2.04. The normalized spacial score (nSPS) is 9.86. The van der Waals surface area contributed by atoms with Crippen molar-refractivity contribution in [3.05, 3.63) is 11.5 Å². The maximum Gasteiger partial charge on any atom is 0.241 e. The molecule has 0 unspecified atom stereocenters. The van der Waals surface area contributed by atoms with Crippen LogP contribution in [0.4, 0.5) is 0 Å². The first kappa shape index (κ1) is 6.56. The molecule has 0 aromatic heterocycles. The molecule has 0 bridgehead atoms. The maximum atomic E-state index is 9.88. The Kier molecular flexibility index (Phi) is 3.50. The Bertz CT molecular complexity index is 89.7. The molecule has 0 saturated carbocycles. The zero-order valence-corrected chi connectivity index (χ0v) is 4.87. The van der Waals surface area contributed by atoms with Gasteiger partial charge in [0.1, 0.15) is 0 Å². The third-order valence-electron chi connectivity index (χ3n) is 0.368. The maximum absolute atomic E-state index is 9.88. The molecule has 0 aliphatic carbocycles.